The molecule has 2 saturated carbocycles. The summed E-state index contributed by atoms with van der Waals surface area (Å²) in [4.78, 5) is 33.3. The number of hydrogen-bond acceptors (Lipinski definition) is 9. The van der Waals surface area contributed by atoms with Crippen LogP contribution in [0, 0.1) is 17.8 Å². The zero-order chi connectivity index (χ0) is 25.0. The molecule has 11 nitrogen and oxygen atoms in total. The van der Waals surface area contributed by atoms with Gasteiger partial charge in [-0.15, -0.1) is 5.48 Å². The maximum atomic E-state index is 11.7. The van der Waals surface area contributed by atoms with Crippen molar-refractivity contribution in [3.05, 3.63) is 5.82 Å². The third-order valence-corrected chi connectivity index (χ3v) is 8.53. The molecule has 4 aliphatic rings. The molecule has 6 rings (SSSR count). The number of carbonyl (C=O) groups is 1. The van der Waals surface area contributed by atoms with E-state index in [1.807, 2.05) is 6.92 Å². The van der Waals surface area contributed by atoms with E-state index >= 15 is 0 Å². The predicted molar refractivity (Wildman–Crippen MR) is 135 cm³/mol. The number of anilines is 2. The van der Waals surface area contributed by atoms with E-state index in [1.54, 1.807) is 0 Å². The molecule has 0 radical (unpaired) electrons. The van der Waals surface area contributed by atoms with E-state index in [-0.39, 0.29) is 6.04 Å². The highest BCUT2D eigenvalue weighted by atomic mass is 16.7. The van der Waals surface area contributed by atoms with Crippen molar-refractivity contribution in [3.63, 3.8) is 0 Å². The standard InChI is InChI=1S/C25H38N8O3/c1-14-7-9-16(10-8-14)11-33-18-19(26-15(2)17-5-4-6-17)27-21(22-30-24(34)36-31-22)28-20(18)29-23(33)32-12-25(3,35)13-32/h14-17,22,31,35H,4-13H2,1-3H3,(H,30,34)(H,26,27,28)/t14?,15-,16?,22?/m1/s1. The van der Waals surface area contributed by atoms with E-state index in [1.165, 1.54) is 44.9 Å². The predicted octanol–water partition coefficient (Wildman–Crippen LogP) is 3.07. The van der Waals surface area contributed by atoms with Gasteiger partial charge in [0.2, 0.25) is 5.95 Å². The van der Waals surface area contributed by atoms with Gasteiger partial charge < -0.3 is 24.7 Å². The van der Waals surface area contributed by atoms with Gasteiger partial charge >= 0.3 is 6.09 Å². The van der Waals surface area contributed by atoms with Crippen LogP contribution in [0.4, 0.5) is 16.6 Å². The summed E-state index contributed by atoms with van der Waals surface area (Å²) < 4.78 is 2.28. The molecule has 4 N–H and O–H groups in total. The number of imidazole rings is 1. The van der Waals surface area contributed by atoms with Crippen LogP contribution < -0.4 is 21.0 Å². The van der Waals surface area contributed by atoms with Crippen LogP contribution in [0.25, 0.3) is 11.2 Å². The number of hydroxylamine groups is 1. The SMILES string of the molecule is CC1CCC(Cn2c(N3CC(C)(O)C3)nc3nc(C4NOC(=O)N4)nc(N[C@H](C)C4CCC4)c32)CC1. The molecule has 2 aromatic rings. The lowest BCUT2D eigenvalue weighted by Crippen LogP contribution is -2.60. The van der Waals surface area contributed by atoms with Crippen molar-refractivity contribution in [1.29, 1.82) is 0 Å². The number of fused-ring (bicyclic) bond motifs is 1. The van der Waals surface area contributed by atoms with Crippen LogP contribution in [-0.4, -0.2) is 55.5 Å². The van der Waals surface area contributed by atoms with E-state index in [0.717, 1.165) is 29.7 Å². The number of nitrogens with zero attached hydrogens (tertiary/aromatic N) is 5. The topological polar surface area (TPSA) is 129 Å². The summed E-state index contributed by atoms with van der Waals surface area (Å²) in [5.74, 6) is 3.96. The Morgan fingerprint density at radius 1 is 1.17 bits per heavy atom. The molecule has 1 unspecified atom stereocenters. The van der Waals surface area contributed by atoms with E-state index < -0.39 is 17.9 Å². The number of aliphatic hydroxyl groups is 1. The van der Waals surface area contributed by atoms with E-state index in [4.69, 9.17) is 19.8 Å². The minimum atomic E-state index is -0.713. The Bertz CT molecular complexity index is 1130. The summed E-state index contributed by atoms with van der Waals surface area (Å²) in [5.41, 5.74) is 3.45. The molecule has 0 aromatic carbocycles. The highest BCUT2D eigenvalue weighted by Gasteiger charge is 2.40. The monoisotopic (exact) mass is 498 g/mol. The van der Waals surface area contributed by atoms with Gasteiger partial charge in [-0.05, 0) is 57.3 Å². The molecule has 1 amide bonds. The minimum Gasteiger partial charge on any atom is -0.386 e. The second kappa shape index (κ2) is 9.02. The lowest BCUT2D eigenvalue weighted by Gasteiger charge is -2.45. The summed E-state index contributed by atoms with van der Waals surface area (Å²) in [6, 6.07) is 0.263. The summed E-state index contributed by atoms with van der Waals surface area (Å²) in [6.07, 6.45) is 7.43. The first-order chi connectivity index (χ1) is 17.3. The van der Waals surface area contributed by atoms with Crippen LogP contribution in [0.3, 0.4) is 0 Å². The fourth-order valence-electron chi connectivity index (χ4n) is 6.05. The van der Waals surface area contributed by atoms with Crippen LogP contribution in [0.2, 0.25) is 0 Å². The lowest BCUT2D eigenvalue weighted by atomic mass is 9.80. The number of rotatable bonds is 7. The molecule has 196 valence electrons. The first kappa shape index (κ1) is 23.7. The van der Waals surface area contributed by atoms with Crippen molar-refractivity contribution in [2.24, 2.45) is 17.8 Å². The number of amides is 1. The average Bonchev–Trinajstić information content (AvgIpc) is 3.36. The Balaban J connectivity index is 1.42. The van der Waals surface area contributed by atoms with Gasteiger partial charge in [-0.1, -0.05) is 26.2 Å². The molecule has 2 aromatic heterocycles. The molecule has 36 heavy (non-hydrogen) atoms. The largest absolute Gasteiger partial charge is 0.427 e. The normalized spacial score (nSPS) is 28.8. The molecule has 2 aliphatic carbocycles. The quantitative estimate of drug-likeness (QED) is 0.455. The zero-order valence-corrected chi connectivity index (χ0v) is 21.5. The Hall–Kier alpha value is -2.66. The molecule has 4 fully saturated rings. The summed E-state index contributed by atoms with van der Waals surface area (Å²) in [5, 5.41) is 16.9. The summed E-state index contributed by atoms with van der Waals surface area (Å²) in [7, 11) is 0. The molecule has 0 bridgehead atoms. The summed E-state index contributed by atoms with van der Waals surface area (Å²) >= 11 is 0. The number of nitrogens with one attached hydrogen (secondary N) is 3. The Labute approximate surface area is 211 Å². The first-order valence-electron chi connectivity index (χ1n) is 13.5. The first-order valence-corrected chi connectivity index (χ1v) is 13.5. The van der Waals surface area contributed by atoms with Gasteiger partial charge in [0.15, 0.2) is 23.5 Å². The maximum Gasteiger partial charge on any atom is 0.427 e. The molecule has 2 saturated heterocycles. The van der Waals surface area contributed by atoms with Crippen molar-refractivity contribution in [1.82, 2.24) is 30.3 Å². The molecule has 4 heterocycles. The maximum absolute atomic E-state index is 11.7. The average molecular weight is 499 g/mol. The third kappa shape index (κ3) is 4.47. The minimum absolute atomic E-state index is 0.263. The third-order valence-electron chi connectivity index (χ3n) is 8.53. The zero-order valence-electron chi connectivity index (χ0n) is 21.5. The van der Waals surface area contributed by atoms with Crippen LogP contribution in [-0.2, 0) is 11.4 Å². The van der Waals surface area contributed by atoms with Crippen molar-refractivity contribution in [3.8, 4) is 0 Å². The number of hydrogen-bond donors (Lipinski definition) is 4. The molecule has 0 spiro atoms. The second-order valence-corrected chi connectivity index (χ2v) is 11.8. The van der Waals surface area contributed by atoms with Crippen molar-refractivity contribution in [2.75, 3.05) is 23.3 Å². The van der Waals surface area contributed by atoms with Crippen LogP contribution >= 0.6 is 0 Å². The second-order valence-electron chi connectivity index (χ2n) is 11.8. The van der Waals surface area contributed by atoms with Gasteiger partial charge in [0.05, 0.1) is 18.7 Å². The van der Waals surface area contributed by atoms with E-state index in [2.05, 4.69) is 39.4 Å². The molecule has 2 aliphatic heterocycles. The van der Waals surface area contributed by atoms with Crippen LogP contribution in [0.5, 0.6) is 0 Å². The van der Waals surface area contributed by atoms with E-state index in [9.17, 15) is 9.90 Å². The molecular formula is C25H38N8O3. The van der Waals surface area contributed by atoms with Gasteiger partial charge in [0.25, 0.3) is 0 Å². The number of carbonyl (C=O) groups excluding carboxylic acids is 1. The van der Waals surface area contributed by atoms with E-state index in [0.29, 0.717) is 36.4 Å². The Morgan fingerprint density at radius 2 is 1.92 bits per heavy atom. The number of β-amino-alcohol motifs (C(OH)–C–C–N with tert-alkyl or cyclic N) is 1. The smallest absolute Gasteiger partial charge is 0.386 e. The lowest BCUT2D eigenvalue weighted by molar-refractivity contribution is 0.0295. The molecule has 11 heteroatoms. The highest BCUT2D eigenvalue weighted by Crippen LogP contribution is 2.37. The van der Waals surface area contributed by atoms with Gasteiger partial charge in [-0.3, -0.25) is 5.32 Å². The molecule has 2 atom stereocenters. The number of aromatic nitrogens is 4. The fourth-order valence-corrected chi connectivity index (χ4v) is 6.05. The van der Waals surface area contributed by atoms with Gasteiger partial charge in [-0.25, -0.2) is 14.8 Å². The van der Waals surface area contributed by atoms with Crippen molar-refractivity contribution in [2.45, 2.75) is 90.1 Å². The van der Waals surface area contributed by atoms with Crippen LogP contribution in [0.15, 0.2) is 0 Å². The Kier molecular flexibility index (Phi) is 5.94. The highest BCUT2D eigenvalue weighted by molar-refractivity contribution is 5.86. The van der Waals surface area contributed by atoms with Crippen molar-refractivity contribution >= 4 is 29.0 Å². The van der Waals surface area contributed by atoms with Crippen molar-refractivity contribution < 1.29 is 14.7 Å². The Morgan fingerprint density at radius 3 is 2.53 bits per heavy atom. The van der Waals surface area contributed by atoms with Gasteiger partial charge in [0, 0.05) is 12.6 Å². The summed E-state index contributed by atoms with van der Waals surface area (Å²) in [6.45, 7) is 8.34. The fraction of sp³-hybridized carbons (Fsp3) is 0.760. The van der Waals surface area contributed by atoms with Gasteiger partial charge in [-0.2, -0.15) is 4.98 Å². The van der Waals surface area contributed by atoms with Crippen LogP contribution in [0.1, 0.15) is 77.7 Å². The molecular weight excluding hydrogens is 460 g/mol. The van der Waals surface area contributed by atoms with Gasteiger partial charge in [0.1, 0.15) is 5.52 Å².